The van der Waals surface area contributed by atoms with Gasteiger partial charge in [0.15, 0.2) is 5.78 Å². The first-order valence-corrected chi connectivity index (χ1v) is 3.26. The first-order chi connectivity index (χ1) is 5.00. The molecule has 0 amide bonds. The van der Waals surface area contributed by atoms with Crippen LogP contribution in [0.2, 0.25) is 0 Å². The van der Waals surface area contributed by atoms with Crippen LogP contribution in [-0.2, 0) is 4.79 Å². The summed E-state index contributed by atoms with van der Waals surface area (Å²) in [4.78, 5) is 10.5. The van der Waals surface area contributed by atoms with Gasteiger partial charge in [0.25, 0.3) is 0 Å². The van der Waals surface area contributed by atoms with E-state index in [1.165, 1.54) is 12.2 Å². The van der Waals surface area contributed by atoms with Gasteiger partial charge in [-0.05, 0) is 12.5 Å². The quantitative estimate of drug-likeness (QED) is 0.535. The van der Waals surface area contributed by atoms with Crippen LogP contribution in [-0.4, -0.2) is 12.0 Å². The molecule has 1 aliphatic rings. The van der Waals surface area contributed by atoms with Crippen molar-refractivity contribution in [2.75, 3.05) is 0 Å². The number of ketones is 1. The van der Waals surface area contributed by atoms with Crippen molar-refractivity contribution in [2.45, 2.75) is 19.0 Å². The third kappa shape index (κ3) is 2.06. The van der Waals surface area contributed by atoms with E-state index in [-0.39, 0.29) is 12.8 Å². The van der Waals surface area contributed by atoms with Crippen molar-refractivity contribution in [3.05, 3.63) is 12.2 Å². The molecule has 1 rings (SSSR count). The third-order valence-electron chi connectivity index (χ3n) is 1.63. The van der Waals surface area contributed by atoms with Gasteiger partial charge in [0.05, 0.1) is 5.92 Å². The molecule has 0 heterocycles. The molecule has 1 atom stereocenters. The molecule has 0 bridgehead atoms. The molecule has 0 spiro atoms. The number of halogens is 3. The van der Waals surface area contributed by atoms with Gasteiger partial charge in [0.1, 0.15) is 0 Å². The van der Waals surface area contributed by atoms with Crippen LogP contribution in [0.15, 0.2) is 12.2 Å². The van der Waals surface area contributed by atoms with Crippen LogP contribution in [0.25, 0.3) is 0 Å². The zero-order valence-corrected chi connectivity index (χ0v) is 5.69. The molecular weight excluding hydrogens is 157 g/mol. The second-order valence-corrected chi connectivity index (χ2v) is 2.55. The minimum atomic E-state index is -4.22. The molecule has 11 heavy (non-hydrogen) atoms. The highest BCUT2D eigenvalue weighted by Gasteiger charge is 2.40. The molecule has 1 aliphatic carbocycles. The maximum Gasteiger partial charge on any atom is 0.392 e. The number of allylic oxidation sites excluding steroid dienone is 2. The Morgan fingerprint density at radius 1 is 1.45 bits per heavy atom. The van der Waals surface area contributed by atoms with E-state index < -0.39 is 17.9 Å². The van der Waals surface area contributed by atoms with Gasteiger partial charge < -0.3 is 0 Å². The molecule has 0 aromatic rings. The lowest BCUT2D eigenvalue weighted by Crippen LogP contribution is -2.26. The fourth-order valence-corrected chi connectivity index (χ4v) is 1.01. The number of rotatable bonds is 0. The van der Waals surface area contributed by atoms with Crippen molar-refractivity contribution >= 4 is 5.78 Å². The molecule has 0 fully saturated rings. The summed E-state index contributed by atoms with van der Waals surface area (Å²) < 4.78 is 35.8. The van der Waals surface area contributed by atoms with Crippen molar-refractivity contribution in [3.63, 3.8) is 0 Å². The highest BCUT2D eigenvalue weighted by Crippen LogP contribution is 2.33. The van der Waals surface area contributed by atoms with E-state index >= 15 is 0 Å². The summed E-state index contributed by atoms with van der Waals surface area (Å²) in [5, 5.41) is 0. The van der Waals surface area contributed by atoms with Crippen LogP contribution in [0, 0.1) is 5.92 Å². The van der Waals surface area contributed by atoms with E-state index in [9.17, 15) is 18.0 Å². The van der Waals surface area contributed by atoms with Gasteiger partial charge >= 0.3 is 6.18 Å². The summed E-state index contributed by atoms with van der Waals surface area (Å²) >= 11 is 0. The summed E-state index contributed by atoms with van der Waals surface area (Å²) in [7, 11) is 0. The third-order valence-corrected chi connectivity index (χ3v) is 1.63. The van der Waals surface area contributed by atoms with E-state index in [1.807, 2.05) is 0 Å². The molecular formula is C7H7F3O. The molecule has 0 saturated carbocycles. The smallest absolute Gasteiger partial charge is 0.295 e. The Balaban J connectivity index is 2.64. The van der Waals surface area contributed by atoms with Crippen molar-refractivity contribution in [1.82, 2.24) is 0 Å². The van der Waals surface area contributed by atoms with Crippen molar-refractivity contribution in [2.24, 2.45) is 5.92 Å². The van der Waals surface area contributed by atoms with Crippen molar-refractivity contribution in [3.8, 4) is 0 Å². The lowest BCUT2D eigenvalue weighted by atomic mass is 9.93. The number of hydrogen-bond donors (Lipinski definition) is 0. The summed E-state index contributed by atoms with van der Waals surface area (Å²) in [6.45, 7) is 0. The Morgan fingerprint density at radius 2 is 2.09 bits per heavy atom. The largest absolute Gasteiger partial charge is 0.392 e. The lowest BCUT2D eigenvalue weighted by molar-refractivity contribution is -0.177. The predicted molar refractivity (Wildman–Crippen MR) is 32.9 cm³/mol. The topological polar surface area (TPSA) is 17.1 Å². The Bertz CT molecular complexity index is 192. The number of hydrogen-bond acceptors (Lipinski definition) is 1. The molecule has 0 N–H and O–H groups in total. The SMILES string of the molecule is O=C1C=CCC(C(F)(F)F)C1. The van der Waals surface area contributed by atoms with E-state index in [4.69, 9.17) is 0 Å². The standard InChI is InChI=1S/C7H7F3O/c8-7(9,10)5-2-1-3-6(11)4-5/h1,3,5H,2,4H2. The number of carbonyl (C=O) groups is 1. The van der Waals surface area contributed by atoms with Crippen LogP contribution in [0.4, 0.5) is 13.2 Å². The molecule has 0 aliphatic heterocycles. The van der Waals surface area contributed by atoms with Crippen molar-refractivity contribution in [1.29, 1.82) is 0 Å². The fourth-order valence-electron chi connectivity index (χ4n) is 1.01. The first-order valence-electron chi connectivity index (χ1n) is 3.26. The molecule has 62 valence electrons. The average molecular weight is 164 g/mol. The van der Waals surface area contributed by atoms with Gasteiger partial charge in [-0.15, -0.1) is 0 Å². The summed E-state index contributed by atoms with van der Waals surface area (Å²) in [6.07, 6.45) is -2.18. The van der Waals surface area contributed by atoms with E-state index in [0.717, 1.165) is 0 Å². The summed E-state index contributed by atoms with van der Waals surface area (Å²) in [5.41, 5.74) is 0. The van der Waals surface area contributed by atoms with E-state index in [1.54, 1.807) is 0 Å². The van der Waals surface area contributed by atoms with E-state index in [0.29, 0.717) is 0 Å². The molecule has 4 heteroatoms. The number of alkyl halides is 3. The highest BCUT2D eigenvalue weighted by atomic mass is 19.4. The van der Waals surface area contributed by atoms with Crippen LogP contribution in [0.5, 0.6) is 0 Å². The first kappa shape index (κ1) is 8.30. The molecule has 0 aromatic carbocycles. The average Bonchev–Trinajstić information content (AvgIpc) is 1.86. The van der Waals surface area contributed by atoms with Crippen molar-refractivity contribution < 1.29 is 18.0 Å². The molecule has 1 unspecified atom stereocenters. The maximum absolute atomic E-state index is 11.9. The predicted octanol–water partition coefficient (Wildman–Crippen LogP) is 2.08. The van der Waals surface area contributed by atoms with Gasteiger partial charge in [-0.3, -0.25) is 4.79 Å². The van der Waals surface area contributed by atoms with Crippen LogP contribution in [0.3, 0.4) is 0 Å². The normalized spacial score (nSPS) is 25.7. The second-order valence-electron chi connectivity index (χ2n) is 2.55. The van der Waals surface area contributed by atoms with E-state index in [2.05, 4.69) is 0 Å². The monoisotopic (exact) mass is 164 g/mol. The fraction of sp³-hybridized carbons (Fsp3) is 0.571. The summed E-state index contributed by atoms with van der Waals surface area (Å²) in [6, 6.07) is 0. The zero-order chi connectivity index (χ0) is 8.48. The van der Waals surface area contributed by atoms with Crippen LogP contribution in [0.1, 0.15) is 12.8 Å². The minimum Gasteiger partial charge on any atom is -0.295 e. The summed E-state index contributed by atoms with van der Waals surface area (Å²) in [5.74, 6) is -1.89. The maximum atomic E-state index is 11.9. The lowest BCUT2D eigenvalue weighted by Gasteiger charge is -2.19. The Labute approximate surface area is 61.9 Å². The second kappa shape index (κ2) is 2.68. The van der Waals surface area contributed by atoms with Gasteiger partial charge in [-0.25, -0.2) is 0 Å². The minimum absolute atomic E-state index is 0.0603. The van der Waals surface area contributed by atoms with Crippen LogP contribution >= 0.6 is 0 Å². The van der Waals surface area contributed by atoms with Gasteiger partial charge in [0.2, 0.25) is 0 Å². The molecule has 0 aromatic heterocycles. The van der Waals surface area contributed by atoms with Gasteiger partial charge in [-0.2, -0.15) is 13.2 Å². The highest BCUT2D eigenvalue weighted by molar-refractivity contribution is 5.90. The van der Waals surface area contributed by atoms with Gasteiger partial charge in [-0.1, -0.05) is 6.08 Å². The van der Waals surface area contributed by atoms with Gasteiger partial charge in [0, 0.05) is 6.42 Å². The molecule has 0 saturated heterocycles. The Morgan fingerprint density at radius 3 is 2.45 bits per heavy atom. The van der Waals surface area contributed by atoms with Crippen LogP contribution < -0.4 is 0 Å². The molecule has 1 nitrogen and oxygen atoms in total. The number of carbonyl (C=O) groups excluding carboxylic acids is 1. The zero-order valence-electron chi connectivity index (χ0n) is 5.69. The Hall–Kier alpha value is -0.800. The molecule has 0 radical (unpaired) electrons. The Kier molecular flexibility index (Phi) is 2.02.